The van der Waals surface area contributed by atoms with Crippen molar-refractivity contribution in [3.05, 3.63) is 74.6 Å². The molecule has 0 saturated carbocycles. The number of fused-ring (bicyclic) bond motifs is 1. The molecule has 1 fully saturated rings. The van der Waals surface area contributed by atoms with Gasteiger partial charge in [-0.15, -0.1) is 23.7 Å². The number of benzene rings is 2. The van der Waals surface area contributed by atoms with Crippen LogP contribution >= 0.6 is 46.9 Å². The number of carbonyl (C=O) groups excluding carboxylic acids is 2. The molecule has 9 heteroatoms. The zero-order chi connectivity index (χ0) is 23.7. The van der Waals surface area contributed by atoms with Crippen molar-refractivity contribution in [2.24, 2.45) is 0 Å². The highest BCUT2D eigenvalue weighted by Gasteiger charge is 2.29. The van der Waals surface area contributed by atoms with Gasteiger partial charge in [0.15, 0.2) is 0 Å². The second kappa shape index (κ2) is 11.3. The van der Waals surface area contributed by atoms with Crippen LogP contribution in [0.1, 0.15) is 38.4 Å². The van der Waals surface area contributed by atoms with Crippen molar-refractivity contribution in [2.75, 3.05) is 37.6 Å². The summed E-state index contributed by atoms with van der Waals surface area (Å²) in [5.41, 5.74) is 3.25. The van der Waals surface area contributed by atoms with Gasteiger partial charge in [-0.2, -0.15) is 0 Å². The van der Waals surface area contributed by atoms with Crippen LogP contribution in [-0.2, 0) is 6.42 Å². The van der Waals surface area contributed by atoms with Gasteiger partial charge < -0.3 is 15.1 Å². The minimum absolute atomic E-state index is 0. The summed E-state index contributed by atoms with van der Waals surface area (Å²) in [6.07, 6.45) is 3.22. The summed E-state index contributed by atoms with van der Waals surface area (Å²) in [6, 6.07) is 15.0. The highest BCUT2D eigenvalue weighted by atomic mass is 35.5. The van der Waals surface area contributed by atoms with Gasteiger partial charge >= 0.3 is 0 Å². The van der Waals surface area contributed by atoms with Crippen LogP contribution in [-0.4, -0.2) is 49.4 Å². The summed E-state index contributed by atoms with van der Waals surface area (Å²) in [7, 11) is 0. The van der Waals surface area contributed by atoms with E-state index in [0.717, 1.165) is 46.9 Å². The zero-order valence-electron chi connectivity index (χ0n) is 19.1. The predicted octanol–water partition coefficient (Wildman–Crippen LogP) is 6.17. The van der Waals surface area contributed by atoms with Crippen LogP contribution in [0.25, 0.3) is 10.4 Å². The molecule has 1 N–H and O–H groups in total. The van der Waals surface area contributed by atoms with Gasteiger partial charge in [0.25, 0.3) is 11.8 Å². The van der Waals surface area contributed by atoms with Gasteiger partial charge in [-0.05, 0) is 79.9 Å². The molecule has 0 radical (unpaired) electrons. The van der Waals surface area contributed by atoms with E-state index >= 15 is 0 Å². The summed E-state index contributed by atoms with van der Waals surface area (Å²) < 4.78 is 0. The van der Waals surface area contributed by atoms with Crippen molar-refractivity contribution in [3.8, 4) is 10.4 Å². The number of amides is 2. The number of carbonyl (C=O) groups is 2. The van der Waals surface area contributed by atoms with Gasteiger partial charge in [0.2, 0.25) is 0 Å². The fourth-order valence-electron chi connectivity index (χ4n) is 4.54. The summed E-state index contributed by atoms with van der Waals surface area (Å²) in [6.45, 7) is 4.22. The molecule has 3 heterocycles. The van der Waals surface area contributed by atoms with E-state index in [1.807, 2.05) is 24.3 Å². The zero-order valence-corrected chi connectivity index (χ0v) is 22.2. The highest BCUT2D eigenvalue weighted by molar-refractivity contribution is 7.17. The van der Waals surface area contributed by atoms with E-state index < -0.39 is 0 Å². The van der Waals surface area contributed by atoms with Gasteiger partial charge in [0, 0.05) is 35.2 Å². The van der Waals surface area contributed by atoms with Crippen molar-refractivity contribution in [1.29, 1.82) is 0 Å². The molecule has 184 valence electrons. The number of hydrogen-bond donors (Lipinski definition) is 1. The van der Waals surface area contributed by atoms with E-state index in [2.05, 4.69) is 16.3 Å². The van der Waals surface area contributed by atoms with E-state index in [0.29, 0.717) is 34.4 Å². The number of hydrogen-bond acceptors (Lipinski definition) is 4. The number of thiophene rings is 1. The molecule has 5 nitrogen and oxygen atoms in total. The summed E-state index contributed by atoms with van der Waals surface area (Å²) >= 11 is 14.0. The highest BCUT2D eigenvalue weighted by Crippen LogP contribution is 2.37. The largest absolute Gasteiger partial charge is 0.351 e. The molecule has 0 atom stereocenters. The Hall–Kier alpha value is -2.09. The molecule has 0 bridgehead atoms. The third kappa shape index (κ3) is 5.68. The Morgan fingerprint density at radius 1 is 1.00 bits per heavy atom. The van der Waals surface area contributed by atoms with Gasteiger partial charge in [-0.25, -0.2) is 0 Å². The number of rotatable bonds is 6. The van der Waals surface area contributed by atoms with E-state index in [1.54, 1.807) is 23.1 Å². The Bertz CT molecular complexity index is 1220. The van der Waals surface area contributed by atoms with Crippen molar-refractivity contribution in [2.45, 2.75) is 19.3 Å². The number of nitrogens with zero attached hydrogens (tertiary/aromatic N) is 2. The second-order valence-corrected chi connectivity index (χ2v) is 10.5. The summed E-state index contributed by atoms with van der Waals surface area (Å²) in [5.74, 6) is -0.223. The van der Waals surface area contributed by atoms with Crippen LogP contribution in [0.3, 0.4) is 0 Å². The lowest BCUT2D eigenvalue weighted by Crippen LogP contribution is -2.36. The number of anilines is 1. The van der Waals surface area contributed by atoms with Crippen molar-refractivity contribution in [1.82, 2.24) is 10.2 Å². The number of nitrogens with one attached hydrogen (secondary N) is 1. The molecular formula is C26H26Cl3N3O2S. The molecule has 1 aromatic heterocycles. The first-order valence-corrected chi connectivity index (χ1v) is 13.1. The van der Waals surface area contributed by atoms with Gasteiger partial charge in [0.05, 0.1) is 15.5 Å². The molecule has 3 aromatic rings. The van der Waals surface area contributed by atoms with Crippen LogP contribution in [0.4, 0.5) is 5.69 Å². The van der Waals surface area contributed by atoms with Crippen LogP contribution in [0.15, 0.2) is 48.5 Å². The topological polar surface area (TPSA) is 52.7 Å². The molecular weight excluding hydrogens is 525 g/mol. The van der Waals surface area contributed by atoms with Crippen molar-refractivity contribution in [3.63, 3.8) is 0 Å². The lowest BCUT2D eigenvalue weighted by molar-refractivity contribution is 0.0948. The standard InChI is InChI=1S/C26H25Cl2N3O2S.ClH/c27-19-5-3-17(4-6-19)23-15-18-9-13-31(26(33)24(18)34-23)20-7-8-21(22(28)16-20)25(32)29-10-14-30-11-1-2-12-30;/h3-8,15-16H,1-2,9-14H2,(H,29,32);1H. The van der Waals surface area contributed by atoms with Crippen LogP contribution in [0.5, 0.6) is 0 Å². The van der Waals surface area contributed by atoms with Crippen molar-refractivity contribution < 1.29 is 9.59 Å². The Morgan fingerprint density at radius 2 is 1.74 bits per heavy atom. The first kappa shape index (κ1) is 26.0. The first-order chi connectivity index (χ1) is 16.5. The van der Waals surface area contributed by atoms with E-state index in [1.165, 1.54) is 24.2 Å². The third-order valence-electron chi connectivity index (χ3n) is 6.40. The van der Waals surface area contributed by atoms with Gasteiger partial charge in [-0.1, -0.05) is 35.3 Å². The average molecular weight is 551 g/mol. The molecule has 2 aromatic carbocycles. The normalized spacial score (nSPS) is 15.6. The van der Waals surface area contributed by atoms with Crippen LogP contribution < -0.4 is 10.2 Å². The smallest absolute Gasteiger partial charge is 0.268 e. The monoisotopic (exact) mass is 549 g/mol. The van der Waals surface area contributed by atoms with E-state index in [-0.39, 0.29) is 24.2 Å². The molecule has 0 unspecified atom stereocenters. The Balaban J connectivity index is 0.00000289. The quantitative estimate of drug-likeness (QED) is 0.399. The minimum Gasteiger partial charge on any atom is -0.351 e. The fourth-order valence-corrected chi connectivity index (χ4v) is 6.09. The first-order valence-electron chi connectivity index (χ1n) is 11.5. The molecule has 2 aliphatic heterocycles. The SMILES string of the molecule is Cl.O=C(NCCN1CCCC1)c1ccc(N2CCc3cc(-c4ccc(Cl)cc4)sc3C2=O)cc1Cl. The summed E-state index contributed by atoms with van der Waals surface area (Å²) in [5, 5.41) is 3.99. The van der Waals surface area contributed by atoms with Crippen LogP contribution in [0, 0.1) is 0 Å². The molecule has 35 heavy (non-hydrogen) atoms. The maximum absolute atomic E-state index is 13.3. The fraction of sp³-hybridized carbons (Fsp3) is 0.308. The minimum atomic E-state index is -0.186. The Morgan fingerprint density at radius 3 is 2.46 bits per heavy atom. The van der Waals surface area contributed by atoms with Gasteiger partial charge in [-0.3, -0.25) is 9.59 Å². The van der Waals surface area contributed by atoms with Crippen LogP contribution in [0.2, 0.25) is 10.0 Å². The molecule has 0 spiro atoms. The maximum atomic E-state index is 13.3. The lowest BCUT2D eigenvalue weighted by Gasteiger charge is -2.27. The van der Waals surface area contributed by atoms with E-state index in [9.17, 15) is 9.59 Å². The van der Waals surface area contributed by atoms with Gasteiger partial charge in [0.1, 0.15) is 0 Å². The number of halogens is 3. The predicted molar refractivity (Wildman–Crippen MR) is 147 cm³/mol. The van der Waals surface area contributed by atoms with Crippen molar-refractivity contribution >= 4 is 64.4 Å². The lowest BCUT2D eigenvalue weighted by atomic mass is 10.0. The Labute approximate surface area is 225 Å². The second-order valence-electron chi connectivity index (χ2n) is 8.65. The molecule has 2 amide bonds. The molecule has 1 saturated heterocycles. The Kier molecular flexibility index (Phi) is 8.40. The molecule has 5 rings (SSSR count). The maximum Gasteiger partial charge on any atom is 0.268 e. The third-order valence-corrected chi connectivity index (χ3v) is 8.18. The molecule has 2 aliphatic rings. The number of likely N-dealkylation sites (tertiary alicyclic amines) is 1. The average Bonchev–Trinajstić information content (AvgIpc) is 3.50. The van der Waals surface area contributed by atoms with E-state index in [4.69, 9.17) is 23.2 Å². The molecule has 0 aliphatic carbocycles. The summed E-state index contributed by atoms with van der Waals surface area (Å²) in [4.78, 5) is 31.8.